The predicted octanol–water partition coefficient (Wildman–Crippen LogP) is 7.22. The number of nitrogens with one attached hydrogen (secondary N) is 1. The molecule has 0 aliphatic rings. The van der Waals surface area contributed by atoms with Crippen molar-refractivity contribution >= 4 is 33.5 Å². The molecule has 0 amide bonds. The molecule has 35 heavy (non-hydrogen) atoms. The maximum Gasteiger partial charge on any atom is 0.307 e. The lowest BCUT2D eigenvalue weighted by Gasteiger charge is -2.21. The third kappa shape index (κ3) is 4.24. The Morgan fingerprint density at radius 2 is 1.49 bits per heavy atom. The van der Waals surface area contributed by atoms with E-state index in [-0.39, 0.29) is 6.42 Å². The lowest BCUT2D eigenvalue weighted by molar-refractivity contribution is -0.136. The summed E-state index contributed by atoms with van der Waals surface area (Å²) in [6, 6.07) is 26.9. The molecule has 4 nitrogen and oxygen atoms in total. The largest absolute Gasteiger partial charge is 0.481 e. The fraction of sp³-hybridized carbons (Fsp3) is 0.161. The molecule has 1 heterocycles. The highest BCUT2D eigenvalue weighted by atomic mass is 16.4. The summed E-state index contributed by atoms with van der Waals surface area (Å²) in [5, 5.41) is 16.5. The van der Waals surface area contributed by atoms with Crippen LogP contribution in [0.4, 0.5) is 5.82 Å². The second-order valence-corrected chi connectivity index (χ2v) is 9.11. The van der Waals surface area contributed by atoms with Gasteiger partial charge in [-0.3, -0.25) is 4.79 Å². The van der Waals surface area contributed by atoms with Crippen LogP contribution in [0, 0.1) is 20.8 Å². The molecule has 0 saturated heterocycles. The summed E-state index contributed by atoms with van der Waals surface area (Å²) in [5.74, 6) is -0.0350. The van der Waals surface area contributed by atoms with Crippen LogP contribution in [-0.4, -0.2) is 16.1 Å². The summed E-state index contributed by atoms with van der Waals surface area (Å²) < 4.78 is 0. The van der Waals surface area contributed by atoms with Gasteiger partial charge in [-0.15, -0.1) is 0 Å². The molecule has 0 aliphatic heterocycles. The van der Waals surface area contributed by atoms with E-state index in [1.165, 1.54) is 11.1 Å². The molecule has 0 fully saturated rings. The first-order valence-corrected chi connectivity index (χ1v) is 11.8. The minimum Gasteiger partial charge on any atom is -0.481 e. The normalized spacial score (nSPS) is 11.2. The minimum atomic E-state index is -0.844. The molecule has 5 rings (SSSR count). The van der Waals surface area contributed by atoms with Crippen LogP contribution < -0.4 is 5.32 Å². The number of benzene rings is 4. The van der Waals surface area contributed by atoms with E-state index in [0.29, 0.717) is 6.54 Å². The Hall–Kier alpha value is -4.18. The van der Waals surface area contributed by atoms with Crippen LogP contribution in [0.2, 0.25) is 0 Å². The number of nitrogens with zero attached hydrogens (tertiary/aromatic N) is 1. The van der Waals surface area contributed by atoms with Crippen LogP contribution in [0.5, 0.6) is 0 Å². The number of aromatic nitrogens is 1. The zero-order valence-electron chi connectivity index (χ0n) is 20.2. The van der Waals surface area contributed by atoms with Crippen LogP contribution in [0.25, 0.3) is 32.8 Å². The number of aryl methyl sites for hydroxylation is 3. The van der Waals surface area contributed by atoms with Gasteiger partial charge in [0.1, 0.15) is 5.82 Å². The van der Waals surface area contributed by atoms with Gasteiger partial charge in [0.2, 0.25) is 0 Å². The maximum absolute atomic E-state index is 11.9. The maximum atomic E-state index is 11.9. The molecule has 174 valence electrons. The van der Waals surface area contributed by atoms with Crippen LogP contribution in [0.1, 0.15) is 27.8 Å². The molecule has 0 bridgehead atoms. The highest BCUT2D eigenvalue weighted by Crippen LogP contribution is 2.41. The van der Waals surface area contributed by atoms with Gasteiger partial charge >= 0.3 is 5.97 Å². The van der Waals surface area contributed by atoms with Crippen LogP contribution in [-0.2, 0) is 17.8 Å². The highest BCUT2D eigenvalue weighted by molar-refractivity contribution is 6.14. The average molecular weight is 461 g/mol. The quantitative estimate of drug-likeness (QED) is 0.263. The summed E-state index contributed by atoms with van der Waals surface area (Å²) in [4.78, 5) is 17.0. The van der Waals surface area contributed by atoms with Crippen molar-refractivity contribution in [1.29, 1.82) is 0 Å². The molecule has 0 atom stereocenters. The number of fused-ring (bicyclic) bond motifs is 3. The van der Waals surface area contributed by atoms with Crippen LogP contribution in [0.15, 0.2) is 78.9 Å². The molecular formula is C31H28N2O2. The van der Waals surface area contributed by atoms with E-state index < -0.39 is 5.97 Å². The molecule has 4 aromatic carbocycles. The standard InChI is InChI=1S/C31H28N2O2/c1-19-13-15-23(16-14-19)28-21(3)29-24-11-7-8-12-25(24)31(32-18-22-9-5-4-6-10-22)33-30(29)20(2)26(28)17-27(34)35/h4-16H,17-18H2,1-3H3,(H,32,33)(H,34,35). The molecule has 0 unspecified atom stereocenters. The van der Waals surface area contributed by atoms with Gasteiger partial charge in [0.25, 0.3) is 0 Å². The third-order valence-corrected chi connectivity index (χ3v) is 6.74. The van der Waals surface area contributed by atoms with Gasteiger partial charge in [0.05, 0.1) is 11.9 Å². The number of hydrogen-bond donors (Lipinski definition) is 2. The Kier molecular flexibility index (Phi) is 5.96. The fourth-order valence-electron chi connectivity index (χ4n) is 5.00. The lowest BCUT2D eigenvalue weighted by atomic mass is 9.85. The smallest absolute Gasteiger partial charge is 0.307 e. The number of carbonyl (C=O) groups is 1. The van der Waals surface area contributed by atoms with Crippen molar-refractivity contribution in [1.82, 2.24) is 4.98 Å². The third-order valence-electron chi connectivity index (χ3n) is 6.74. The van der Waals surface area contributed by atoms with Crippen molar-refractivity contribution in [3.8, 4) is 11.1 Å². The van der Waals surface area contributed by atoms with Gasteiger partial charge in [0.15, 0.2) is 0 Å². The first-order chi connectivity index (χ1) is 16.9. The predicted molar refractivity (Wildman–Crippen MR) is 144 cm³/mol. The van der Waals surface area contributed by atoms with Gasteiger partial charge in [-0.1, -0.05) is 84.4 Å². The SMILES string of the molecule is Cc1ccc(-c2c(CC(=O)O)c(C)c3nc(NCc4ccccc4)c4ccccc4c3c2C)cc1. The first kappa shape index (κ1) is 22.6. The number of aliphatic carboxylic acids is 1. The number of anilines is 1. The highest BCUT2D eigenvalue weighted by Gasteiger charge is 2.21. The number of rotatable bonds is 6. The van der Waals surface area contributed by atoms with Crippen LogP contribution >= 0.6 is 0 Å². The van der Waals surface area contributed by atoms with Crippen molar-refractivity contribution in [2.45, 2.75) is 33.7 Å². The van der Waals surface area contributed by atoms with E-state index >= 15 is 0 Å². The molecule has 0 saturated carbocycles. The molecular weight excluding hydrogens is 432 g/mol. The van der Waals surface area contributed by atoms with Gasteiger partial charge in [-0.2, -0.15) is 0 Å². The van der Waals surface area contributed by atoms with Crippen molar-refractivity contribution in [3.05, 3.63) is 107 Å². The summed E-state index contributed by atoms with van der Waals surface area (Å²) in [6.07, 6.45) is -0.0485. The summed E-state index contributed by atoms with van der Waals surface area (Å²) >= 11 is 0. The summed E-state index contributed by atoms with van der Waals surface area (Å²) in [7, 11) is 0. The lowest BCUT2D eigenvalue weighted by Crippen LogP contribution is -2.08. The van der Waals surface area contributed by atoms with Crippen molar-refractivity contribution < 1.29 is 9.90 Å². The molecule has 4 heteroatoms. The Bertz CT molecular complexity index is 1560. The van der Waals surface area contributed by atoms with Crippen molar-refractivity contribution in [2.75, 3.05) is 5.32 Å². The van der Waals surface area contributed by atoms with Crippen molar-refractivity contribution in [2.24, 2.45) is 0 Å². The number of hydrogen-bond acceptors (Lipinski definition) is 3. The average Bonchev–Trinajstić information content (AvgIpc) is 2.86. The Morgan fingerprint density at radius 1 is 0.829 bits per heavy atom. The fourth-order valence-corrected chi connectivity index (χ4v) is 5.00. The minimum absolute atomic E-state index is 0.0485. The molecule has 5 aromatic rings. The van der Waals surface area contributed by atoms with Crippen molar-refractivity contribution in [3.63, 3.8) is 0 Å². The molecule has 0 spiro atoms. The van der Waals surface area contributed by atoms with E-state index in [4.69, 9.17) is 4.98 Å². The van der Waals surface area contributed by atoms with Gasteiger partial charge < -0.3 is 10.4 Å². The Balaban J connectivity index is 1.79. The van der Waals surface area contributed by atoms with E-state index in [2.05, 4.69) is 67.7 Å². The molecule has 1 aromatic heterocycles. The number of carboxylic acids is 1. The van der Waals surface area contributed by atoms with Gasteiger partial charge in [-0.25, -0.2) is 4.98 Å². The summed E-state index contributed by atoms with van der Waals surface area (Å²) in [6.45, 7) is 6.81. The van der Waals surface area contributed by atoms with Crippen LogP contribution in [0.3, 0.4) is 0 Å². The second kappa shape index (κ2) is 9.22. The number of carboxylic acid groups (broad SMARTS) is 1. The zero-order valence-corrected chi connectivity index (χ0v) is 20.2. The van der Waals surface area contributed by atoms with E-state index in [9.17, 15) is 9.90 Å². The van der Waals surface area contributed by atoms with Gasteiger partial charge in [0, 0.05) is 17.3 Å². The Morgan fingerprint density at radius 3 is 2.17 bits per heavy atom. The molecule has 0 radical (unpaired) electrons. The summed E-state index contributed by atoms with van der Waals surface area (Å²) in [5.41, 5.74) is 8.02. The topological polar surface area (TPSA) is 62.2 Å². The van der Waals surface area contributed by atoms with E-state index in [1.54, 1.807) is 0 Å². The monoisotopic (exact) mass is 460 g/mol. The van der Waals surface area contributed by atoms with E-state index in [0.717, 1.165) is 55.3 Å². The second-order valence-electron chi connectivity index (χ2n) is 9.11. The number of pyridine rings is 1. The Labute approximate surface area is 205 Å². The molecule has 0 aliphatic carbocycles. The zero-order chi connectivity index (χ0) is 24.5. The van der Waals surface area contributed by atoms with E-state index in [1.807, 2.05) is 37.3 Å². The first-order valence-electron chi connectivity index (χ1n) is 11.8. The molecule has 2 N–H and O–H groups in total. The van der Waals surface area contributed by atoms with Gasteiger partial charge in [-0.05, 0) is 59.5 Å².